The summed E-state index contributed by atoms with van der Waals surface area (Å²) in [5, 5.41) is 2.68. The highest BCUT2D eigenvalue weighted by Crippen LogP contribution is 2.32. The van der Waals surface area contributed by atoms with Crippen molar-refractivity contribution in [2.75, 3.05) is 7.11 Å². The number of carbonyl (C=O) groups excluding carboxylic acids is 2. The molecule has 0 spiro atoms. The lowest BCUT2D eigenvalue weighted by atomic mass is 10.2. The summed E-state index contributed by atoms with van der Waals surface area (Å²) in [6.45, 7) is 1.75. The van der Waals surface area contributed by atoms with Crippen molar-refractivity contribution in [1.29, 1.82) is 0 Å². The number of esters is 1. The van der Waals surface area contributed by atoms with E-state index in [-0.39, 0.29) is 36.7 Å². The molecule has 1 atom stereocenters. The second kappa shape index (κ2) is 5.32. The quantitative estimate of drug-likeness (QED) is 0.672. The molecule has 1 saturated carbocycles. The van der Waals surface area contributed by atoms with Crippen molar-refractivity contribution in [3.63, 3.8) is 0 Å². The van der Waals surface area contributed by atoms with E-state index in [0.717, 1.165) is 12.8 Å². The van der Waals surface area contributed by atoms with Crippen molar-refractivity contribution in [3.8, 4) is 0 Å². The summed E-state index contributed by atoms with van der Waals surface area (Å²) < 4.78 is 4.48. The number of nitrogens with one attached hydrogen (secondary N) is 1. The SMILES string of the molecule is COC(=O)CC(C)NC(=O)C1(N)CC1.Cl. The fourth-order valence-electron chi connectivity index (χ4n) is 1.11. The Labute approximate surface area is 95.1 Å². The van der Waals surface area contributed by atoms with Gasteiger partial charge in [0, 0.05) is 6.04 Å². The zero-order chi connectivity index (χ0) is 10.8. The first kappa shape index (κ1) is 14.2. The average Bonchev–Trinajstić information content (AvgIpc) is 2.84. The van der Waals surface area contributed by atoms with Crippen LogP contribution in [0.15, 0.2) is 0 Å². The molecule has 1 aliphatic carbocycles. The van der Waals surface area contributed by atoms with Gasteiger partial charge < -0.3 is 15.8 Å². The highest BCUT2D eigenvalue weighted by atomic mass is 35.5. The molecule has 3 N–H and O–H groups in total. The predicted octanol–water partition coefficient (Wildman–Crippen LogP) is -0.0327. The third kappa shape index (κ3) is 4.05. The first-order valence-electron chi connectivity index (χ1n) is 4.64. The van der Waals surface area contributed by atoms with Crippen molar-refractivity contribution >= 4 is 24.3 Å². The molecule has 1 fully saturated rings. The van der Waals surface area contributed by atoms with E-state index >= 15 is 0 Å². The van der Waals surface area contributed by atoms with Crippen LogP contribution in [-0.4, -0.2) is 30.6 Å². The molecule has 0 radical (unpaired) electrons. The molecule has 1 aliphatic rings. The molecule has 88 valence electrons. The van der Waals surface area contributed by atoms with Gasteiger partial charge in [-0.05, 0) is 19.8 Å². The molecular weight excluding hydrogens is 220 g/mol. The largest absolute Gasteiger partial charge is 0.469 e. The highest BCUT2D eigenvalue weighted by Gasteiger charge is 2.46. The van der Waals surface area contributed by atoms with E-state index in [2.05, 4.69) is 10.1 Å². The lowest BCUT2D eigenvalue weighted by Gasteiger charge is -2.15. The van der Waals surface area contributed by atoms with E-state index in [1.807, 2.05) is 0 Å². The number of hydrogen-bond acceptors (Lipinski definition) is 4. The summed E-state index contributed by atoms with van der Waals surface area (Å²) in [4.78, 5) is 22.3. The molecule has 1 rings (SSSR count). The minimum absolute atomic E-state index is 0. The Balaban J connectivity index is 0.00000196. The second-order valence-corrected chi connectivity index (χ2v) is 3.81. The monoisotopic (exact) mass is 236 g/mol. The molecule has 0 saturated heterocycles. The standard InChI is InChI=1S/C9H16N2O3.ClH/c1-6(5-7(12)14-2)11-8(13)9(10)3-4-9;/h6H,3-5,10H2,1-2H3,(H,11,13);1H. The summed E-state index contributed by atoms with van der Waals surface area (Å²) in [5.41, 5.74) is 5.00. The maximum atomic E-state index is 11.4. The Morgan fingerprint density at radius 1 is 1.53 bits per heavy atom. The second-order valence-electron chi connectivity index (χ2n) is 3.81. The highest BCUT2D eigenvalue weighted by molar-refractivity contribution is 5.89. The van der Waals surface area contributed by atoms with Crippen LogP contribution in [0.4, 0.5) is 0 Å². The van der Waals surface area contributed by atoms with E-state index in [1.54, 1.807) is 6.92 Å². The van der Waals surface area contributed by atoms with Crippen LogP contribution in [0, 0.1) is 0 Å². The fourth-order valence-corrected chi connectivity index (χ4v) is 1.11. The van der Waals surface area contributed by atoms with E-state index in [0.29, 0.717) is 0 Å². The van der Waals surface area contributed by atoms with Gasteiger partial charge in [-0.15, -0.1) is 12.4 Å². The van der Waals surface area contributed by atoms with Gasteiger partial charge in [-0.1, -0.05) is 0 Å². The molecule has 0 aliphatic heterocycles. The Morgan fingerprint density at radius 2 is 2.07 bits per heavy atom. The van der Waals surface area contributed by atoms with Crippen LogP contribution in [0.5, 0.6) is 0 Å². The van der Waals surface area contributed by atoms with Gasteiger partial charge in [0.1, 0.15) is 0 Å². The number of methoxy groups -OCH3 is 1. The Hall–Kier alpha value is -0.810. The number of rotatable bonds is 4. The smallest absolute Gasteiger partial charge is 0.307 e. The van der Waals surface area contributed by atoms with Crippen LogP contribution < -0.4 is 11.1 Å². The maximum absolute atomic E-state index is 11.4. The molecule has 0 bridgehead atoms. The minimum Gasteiger partial charge on any atom is -0.469 e. The van der Waals surface area contributed by atoms with Crippen LogP contribution in [0.3, 0.4) is 0 Å². The first-order chi connectivity index (χ1) is 6.48. The zero-order valence-electron chi connectivity index (χ0n) is 8.91. The van der Waals surface area contributed by atoms with Crippen molar-refractivity contribution in [2.45, 2.75) is 37.8 Å². The van der Waals surface area contributed by atoms with Crippen LogP contribution in [-0.2, 0) is 14.3 Å². The topological polar surface area (TPSA) is 81.4 Å². The van der Waals surface area contributed by atoms with E-state index in [1.165, 1.54) is 7.11 Å². The van der Waals surface area contributed by atoms with Crippen molar-refractivity contribution in [2.24, 2.45) is 5.73 Å². The van der Waals surface area contributed by atoms with Crippen LogP contribution in [0.2, 0.25) is 0 Å². The third-order valence-corrected chi connectivity index (χ3v) is 2.32. The van der Waals surface area contributed by atoms with Gasteiger partial charge in [0.15, 0.2) is 0 Å². The molecule has 0 aromatic carbocycles. The first-order valence-corrected chi connectivity index (χ1v) is 4.64. The van der Waals surface area contributed by atoms with Crippen molar-refractivity contribution < 1.29 is 14.3 Å². The summed E-state index contributed by atoms with van der Waals surface area (Å²) in [5.74, 6) is -0.506. The average molecular weight is 237 g/mol. The molecule has 0 aromatic heterocycles. The molecular formula is C9H17ClN2O3. The molecule has 1 unspecified atom stereocenters. The molecule has 5 nitrogen and oxygen atoms in total. The Bertz CT molecular complexity index is 254. The number of carbonyl (C=O) groups is 2. The summed E-state index contributed by atoms with van der Waals surface area (Å²) >= 11 is 0. The maximum Gasteiger partial charge on any atom is 0.307 e. The van der Waals surface area contributed by atoms with E-state index in [9.17, 15) is 9.59 Å². The van der Waals surface area contributed by atoms with Gasteiger partial charge in [0.05, 0.1) is 19.1 Å². The number of nitrogens with two attached hydrogens (primary N) is 1. The lowest BCUT2D eigenvalue weighted by molar-refractivity contribution is -0.141. The Kier molecular flexibility index (Phi) is 5.03. The molecule has 6 heteroatoms. The Morgan fingerprint density at radius 3 is 2.47 bits per heavy atom. The van der Waals surface area contributed by atoms with Crippen LogP contribution >= 0.6 is 12.4 Å². The van der Waals surface area contributed by atoms with Gasteiger partial charge >= 0.3 is 5.97 Å². The molecule has 15 heavy (non-hydrogen) atoms. The van der Waals surface area contributed by atoms with Gasteiger partial charge in [-0.25, -0.2) is 0 Å². The summed E-state index contributed by atoms with van der Waals surface area (Å²) in [6, 6.07) is -0.226. The minimum atomic E-state index is -0.676. The molecule has 0 aromatic rings. The zero-order valence-corrected chi connectivity index (χ0v) is 9.73. The summed E-state index contributed by atoms with van der Waals surface area (Å²) in [6.07, 6.45) is 1.63. The molecule has 0 heterocycles. The number of halogens is 1. The van der Waals surface area contributed by atoms with Gasteiger partial charge in [-0.2, -0.15) is 0 Å². The number of ether oxygens (including phenoxy) is 1. The third-order valence-electron chi connectivity index (χ3n) is 2.32. The van der Waals surface area contributed by atoms with Crippen LogP contribution in [0.1, 0.15) is 26.2 Å². The molecule has 1 amide bonds. The van der Waals surface area contributed by atoms with E-state index in [4.69, 9.17) is 5.73 Å². The van der Waals surface area contributed by atoms with E-state index < -0.39 is 5.54 Å². The van der Waals surface area contributed by atoms with Gasteiger partial charge in [0.2, 0.25) is 5.91 Å². The predicted molar refractivity (Wildman–Crippen MR) is 57.6 cm³/mol. The fraction of sp³-hybridized carbons (Fsp3) is 0.778. The van der Waals surface area contributed by atoms with Crippen molar-refractivity contribution in [3.05, 3.63) is 0 Å². The normalized spacial score (nSPS) is 18.3. The van der Waals surface area contributed by atoms with Crippen molar-refractivity contribution in [1.82, 2.24) is 5.32 Å². The lowest BCUT2D eigenvalue weighted by Crippen LogP contribution is -2.46. The number of hydrogen-bond donors (Lipinski definition) is 2. The van der Waals surface area contributed by atoms with Crippen LogP contribution in [0.25, 0.3) is 0 Å². The summed E-state index contributed by atoms with van der Waals surface area (Å²) in [7, 11) is 1.32. The van der Waals surface area contributed by atoms with Gasteiger partial charge in [-0.3, -0.25) is 9.59 Å². The number of amides is 1. The van der Waals surface area contributed by atoms with Gasteiger partial charge in [0.25, 0.3) is 0 Å².